The van der Waals surface area contributed by atoms with E-state index in [2.05, 4.69) is 5.32 Å². The standard InChI is InChI=1S/C17H20N2O/c20-17(18-14-8-3-1-4-9-14)16-12-7-13-19(16)15-10-5-2-6-11-15/h2,5-7,10-14H,1,3-4,8-9H2,(H,18,20). The highest BCUT2D eigenvalue weighted by Crippen LogP contribution is 2.18. The second kappa shape index (κ2) is 5.95. The first-order chi connectivity index (χ1) is 9.84. The van der Waals surface area contributed by atoms with Crippen molar-refractivity contribution in [3.05, 3.63) is 54.4 Å². The maximum atomic E-state index is 12.4. The number of nitrogens with zero attached hydrogens (tertiary/aromatic N) is 1. The van der Waals surface area contributed by atoms with Crippen LogP contribution in [0.25, 0.3) is 5.69 Å². The third-order valence-corrected chi connectivity index (χ3v) is 3.96. The molecule has 0 spiro atoms. The summed E-state index contributed by atoms with van der Waals surface area (Å²) in [5.41, 5.74) is 1.73. The minimum absolute atomic E-state index is 0.0331. The molecule has 20 heavy (non-hydrogen) atoms. The van der Waals surface area contributed by atoms with E-state index < -0.39 is 0 Å². The van der Waals surface area contributed by atoms with Crippen molar-refractivity contribution in [1.29, 1.82) is 0 Å². The van der Waals surface area contributed by atoms with Gasteiger partial charge in [-0.15, -0.1) is 0 Å². The Morgan fingerprint density at radius 1 is 1.00 bits per heavy atom. The van der Waals surface area contributed by atoms with Gasteiger partial charge in [0.25, 0.3) is 5.91 Å². The molecular weight excluding hydrogens is 248 g/mol. The first-order valence-corrected chi connectivity index (χ1v) is 7.38. The topological polar surface area (TPSA) is 34.0 Å². The molecule has 104 valence electrons. The minimum atomic E-state index is 0.0331. The molecule has 1 aliphatic rings. The van der Waals surface area contributed by atoms with Crippen molar-refractivity contribution in [3.63, 3.8) is 0 Å². The first-order valence-electron chi connectivity index (χ1n) is 7.38. The highest BCUT2D eigenvalue weighted by molar-refractivity contribution is 5.93. The van der Waals surface area contributed by atoms with Crippen molar-refractivity contribution < 1.29 is 4.79 Å². The molecule has 3 rings (SSSR count). The van der Waals surface area contributed by atoms with Gasteiger partial charge in [-0.1, -0.05) is 37.5 Å². The van der Waals surface area contributed by atoms with Crippen molar-refractivity contribution in [2.24, 2.45) is 0 Å². The SMILES string of the molecule is O=C(NC1CCCCC1)c1cccn1-c1ccccc1. The Balaban J connectivity index is 1.77. The summed E-state index contributed by atoms with van der Waals surface area (Å²) < 4.78 is 1.94. The molecule has 1 amide bonds. The van der Waals surface area contributed by atoms with E-state index in [1.807, 2.05) is 53.2 Å². The highest BCUT2D eigenvalue weighted by atomic mass is 16.2. The Bertz CT molecular complexity index is 568. The van der Waals surface area contributed by atoms with Crippen molar-refractivity contribution in [3.8, 4) is 5.69 Å². The van der Waals surface area contributed by atoms with E-state index in [1.165, 1.54) is 19.3 Å². The molecule has 3 heteroatoms. The van der Waals surface area contributed by atoms with Crippen LogP contribution in [0.3, 0.4) is 0 Å². The Kier molecular flexibility index (Phi) is 3.86. The quantitative estimate of drug-likeness (QED) is 0.907. The number of amides is 1. The number of nitrogens with one attached hydrogen (secondary N) is 1. The van der Waals surface area contributed by atoms with Gasteiger partial charge in [-0.25, -0.2) is 0 Å². The number of benzene rings is 1. The van der Waals surface area contributed by atoms with E-state index in [0.717, 1.165) is 18.5 Å². The average Bonchev–Trinajstić information content (AvgIpc) is 2.99. The van der Waals surface area contributed by atoms with Crippen molar-refractivity contribution >= 4 is 5.91 Å². The Morgan fingerprint density at radius 2 is 1.75 bits per heavy atom. The lowest BCUT2D eigenvalue weighted by molar-refractivity contribution is 0.0921. The molecule has 1 aromatic heterocycles. The maximum absolute atomic E-state index is 12.4. The van der Waals surface area contributed by atoms with Gasteiger partial charge in [-0.2, -0.15) is 0 Å². The van der Waals surface area contributed by atoms with Crippen LogP contribution in [0.2, 0.25) is 0 Å². The number of rotatable bonds is 3. The third kappa shape index (κ3) is 2.77. The maximum Gasteiger partial charge on any atom is 0.268 e. The normalized spacial score (nSPS) is 16.0. The lowest BCUT2D eigenvalue weighted by Crippen LogP contribution is -2.37. The number of hydrogen-bond acceptors (Lipinski definition) is 1. The molecule has 0 unspecified atom stereocenters. The number of carbonyl (C=O) groups excluding carboxylic acids is 1. The zero-order valence-electron chi connectivity index (χ0n) is 11.6. The fraction of sp³-hybridized carbons (Fsp3) is 0.353. The van der Waals surface area contributed by atoms with Crippen molar-refractivity contribution in [2.75, 3.05) is 0 Å². The predicted molar refractivity (Wildman–Crippen MR) is 80.1 cm³/mol. The summed E-state index contributed by atoms with van der Waals surface area (Å²) >= 11 is 0. The monoisotopic (exact) mass is 268 g/mol. The Morgan fingerprint density at radius 3 is 2.50 bits per heavy atom. The molecule has 1 aromatic carbocycles. The van der Waals surface area contributed by atoms with Gasteiger partial charge in [0, 0.05) is 17.9 Å². The highest BCUT2D eigenvalue weighted by Gasteiger charge is 2.18. The lowest BCUT2D eigenvalue weighted by Gasteiger charge is -2.23. The number of aromatic nitrogens is 1. The predicted octanol–water partition coefficient (Wildman–Crippen LogP) is 3.54. The van der Waals surface area contributed by atoms with Crippen LogP contribution in [0.1, 0.15) is 42.6 Å². The minimum Gasteiger partial charge on any atom is -0.348 e. The average molecular weight is 268 g/mol. The van der Waals surface area contributed by atoms with Gasteiger partial charge in [-0.05, 0) is 37.1 Å². The van der Waals surface area contributed by atoms with Gasteiger partial charge in [0.1, 0.15) is 5.69 Å². The largest absolute Gasteiger partial charge is 0.348 e. The molecule has 0 saturated heterocycles. The van der Waals surface area contributed by atoms with Crippen LogP contribution in [0, 0.1) is 0 Å². The summed E-state index contributed by atoms with van der Waals surface area (Å²) in [5.74, 6) is 0.0331. The van der Waals surface area contributed by atoms with Crippen LogP contribution in [-0.2, 0) is 0 Å². The second-order valence-corrected chi connectivity index (χ2v) is 5.41. The van der Waals surface area contributed by atoms with Gasteiger partial charge in [0.2, 0.25) is 0 Å². The van der Waals surface area contributed by atoms with Gasteiger partial charge in [0.05, 0.1) is 0 Å². The van der Waals surface area contributed by atoms with Crippen LogP contribution >= 0.6 is 0 Å². The molecule has 0 radical (unpaired) electrons. The van der Waals surface area contributed by atoms with Crippen molar-refractivity contribution in [2.45, 2.75) is 38.1 Å². The van der Waals surface area contributed by atoms with Crippen LogP contribution < -0.4 is 5.32 Å². The van der Waals surface area contributed by atoms with Crippen LogP contribution in [0.5, 0.6) is 0 Å². The number of hydrogen-bond donors (Lipinski definition) is 1. The fourth-order valence-electron chi connectivity index (χ4n) is 2.89. The Hall–Kier alpha value is -2.03. The molecule has 1 saturated carbocycles. The van der Waals surface area contributed by atoms with E-state index in [-0.39, 0.29) is 5.91 Å². The zero-order valence-corrected chi connectivity index (χ0v) is 11.6. The number of para-hydroxylation sites is 1. The smallest absolute Gasteiger partial charge is 0.268 e. The first kappa shape index (κ1) is 13.0. The molecule has 1 fully saturated rings. The van der Waals surface area contributed by atoms with E-state index >= 15 is 0 Å². The molecule has 0 aliphatic heterocycles. The summed E-state index contributed by atoms with van der Waals surface area (Å²) in [6.07, 6.45) is 7.91. The van der Waals surface area contributed by atoms with Crippen LogP contribution in [0.15, 0.2) is 48.7 Å². The molecule has 3 nitrogen and oxygen atoms in total. The summed E-state index contributed by atoms with van der Waals surface area (Å²) in [6.45, 7) is 0. The summed E-state index contributed by atoms with van der Waals surface area (Å²) in [6, 6.07) is 14.1. The molecule has 1 heterocycles. The second-order valence-electron chi connectivity index (χ2n) is 5.41. The summed E-state index contributed by atoms with van der Waals surface area (Å²) in [7, 11) is 0. The fourth-order valence-corrected chi connectivity index (χ4v) is 2.89. The van der Waals surface area contributed by atoms with Gasteiger partial charge >= 0.3 is 0 Å². The van der Waals surface area contributed by atoms with Gasteiger partial charge < -0.3 is 9.88 Å². The van der Waals surface area contributed by atoms with Gasteiger partial charge in [0.15, 0.2) is 0 Å². The number of carbonyl (C=O) groups is 1. The van der Waals surface area contributed by atoms with E-state index in [1.54, 1.807) is 0 Å². The third-order valence-electron chi connectivity index (χ3n) is 3.96. The summed E-state index contributed by atoms with van der Waals surface area (Å²) in [5, 5.41) is 3.17. The van der Waals surface area contributed by atoms with E-state index in [0.29, 0.717) is 11.7 Å². The van der Waals surface area contributed by atoms with Crippen LogP contribution in [0.4, 0.5) is 0 Å². The molecule has 2 aromatic rings. The lowest BCUT2D eigenvalue weighted by atomic mass is 9.95. The molecule has 1 aliphatic carbocycles. The van der Waals surface area contributed by atoms with Crippen LogP contribution in [-0.4, -0.2) is 16.5 Å². The van der Waals surface area contributed by atoms with Crippen molar-refractivity contribution in [1.82, 2.24) is 9.88 Å². The zero-order chi connectivity index (χ0) is 13.8. The summed E-state index contributed by atoms with van der Waals surface area (Å²) in [4.78, 5) is 12.4. The molecular formula is C17H20N2O. The van der Waals surface area contributed by atoms with E-state index in [9.17, 15) is 4.79 Å². The molecule has 1 N–H and O–H groups in total. The van der Waals surface area contributed by atoms with E-state index in [4.69, 9.17) is 0 Å². The molecule has 0 bridgehead atoms. The Labute approximate surface area is 119 Å². The van der Waals surface area contributed by atoms with Gasteiger partial charge in [-0.3, -0.25) is 4.79 Å². The molecule has 0 atom stereocenters.